The smallest absolute Gasteiger partial charge is 0.309 e. The van der Waals surface area contributed by atoms with Gasteiger partial charge in [0.25, 0.3) is 0 Å². The summed E-state index contributed by atoms with van der Waals surface area (Å²) >= 11 is 0. The minimum absolute atomic E-state index is 0.217. The highest BCUT2D eigenvalue weighted by Gasteiger charge is 2.43. The van der Waals surface area contributed by atoms with Gasteiger partial charge in [-0.05, 0) is 38.0 Å². The van der Waals surface area contributed by atoms with Gasteiger partial charge in [0.05, 0.1) is 18.1 Å². The predicted octanol–water partition coefficient (Wildman–Crippen LogP) is 2.84. The average Bonchev–Trinajstić information content (AvgIpc) is 2.38. The van der Waals surface area contributed by atoms with Gasteiger partial charge < -0.3 is 14.9 Å². The number of carboxylic acid groups (broad SMARTS) is 1. The Labute approximate surface area is 116 Å². The lowest BCUT2D eigenvalue weighted by Crippen LogP contribution is -2.39. The third kappa shape index (κ3) is 4.77. The molecule has 0 heterocycles. The quantitative estimate of drug-likeness (QED) is 0.713. The molecule has 0 aromatic rings. The summed E-state index contributed by atoms with van der Waals surface area (Å²) in [7, 11) is 1.53. The molecule has 112 valence electrons. The highest BCUT2D eigenvalue weighted by Crippen LogP contribution is 2.44. The van der Waals surface area contributed by atoms with Crippen molar-refractivity contribution in [2.45, 2.75) is 64.4 Å². The topological polar surface area (TPSA) is 66.8 Å². The van der Waals surface area contributed by atoms with E-state index in [9.17, 15) is 15.0 Å². The first kappa shape index (κ1) is 16.4. The number of aliphatic hydroxyl groups is 1. The Kier molecular flexibility index (Phi) is 6.80. The second kappa shape index (κ2) is 7.85. The Morgan fingerprint density at radius 3 is 2.53 bits per heavy atom. The van der Waals surface area contributed by atoms with E-state index >= 15 is 0 Å². The van der Waals surface area contributed by atoms with Gasteiger partial charge in [-0.2, -0.15) is 0 Å². The van der Waals surface area contributed by atoms with Crippen LogP contribution in [0, 0.1) is 11.3 Å². The molecule has 1 unspecified atom stereocenters. The first-order valence-corrected chi connectivity index (χ1v) is 7.44. The fourth-order valence-corrected chi connectivity index (χ4v) is 3.22. The molecule has 0 amide bonds. The van der Waals surface area contributed by atoms with Crippen LogP contribution < -0.4 is 0 Å². The normalized spacial score (nSPS) is 29.1. The molecule has 1 rings (SSSR count). The SMILES string of the molecule is CCCCC1CCC(CC(O)COC)(C(=O)O)CC1. The van der Waals surface area contributed by atoms with Gasteiger partial charge in [-0.15, -0.1) is 0 Å². The van der Waals surface area contributed by atoms with Gasteiger partial charge in [-0.25, -0.2) is 0 Å². The van der Waals surface area contributed by atoms with Gasteiger partial charge in [0.2, 0.25) is 0 Å². The molecule has 0 bridgehead atoms. The highest BCUT2D eigenvalue weighted by molar-refractivity contribution is 5.74. The summed E-state index contributed by atoms with van der Waals surface area (Å²) in [6.07, 6.45) is 6.63. The average molecular weight is 272 g/mol. The van der Waals surface area contributed by atoms with Crippen LogP contribution in [0.3, 0.4) is 0 Å². The monoisotopic (exact) mass is 272 g/mol. The highest BCUT2D eigenvalue weighted by atomic mass is 16.5. The molecule has 1 atom stereocenters. The number of aliphatic hydroxyl groups excluding tert-OH is 1. The molecular formula is C15H28O4. The van der Waals surface area contributed by atoms with E-state index in [1.165, 1.54) is 26.4 Å². The largest absolute Gasteiger partial charge is 0.481 e. The second-order valence-corrected chi connectivity index (χ2v) is 5.98. The van der Waals surface area contributed by atoms with E-state index in [1.807, 2.05) is 0 Å². The van der Waals surface area contributed by atoms with Crippen LogP contribution in [-0.2, 0) is 9.53 Å². The van der Waals surface area contributed by atoms with Crippen LogP contribution in [0.4, 0.5) is 0 Å². The number of methoxy groups -OCH3 is 1. The van der Waals surface area contributed by atoms with Gasteiger partial charge in [0.15, 0.2) is 0 Å². The minimum atomic E-state index is -0.753. The summed E-state index contributed by atoms with van der Waals surface area (Å²) < 4.78 is 4.90. The Bertz CT molecular complexity index is 269. The molecule has 1 aliphatic rings. The molecule has 0 aromatic heterocycles. The van der Waals surface area contributed by atoms with Crippen molar-refractivity contribution in [2.75, 3.05) is 13.7 Å². The number of carbonyl (C=O) groups is 1. The molecule has 19 heavy (non-hydrogen) atoms. The summed E-state index contributed by atoms with van der Waals surface area (Å²) in [5, 5.41) is 19.4. The van der Waals surface area contributed by atoms with Crippen LogP contribution in [0.25, 0.3) is 0 Å². The zero-order chi connectivity index (χ0) is 14.3. The third-order valence-electron chi connectivity index (χ3n) is 4.47. The summed E-state index contributed by atoms with van der Waals surface area (Å²) in [6, 6.07) is 0. The number of ether oxygens (including phenoxy) is 1. The molecule has 4 heteroatoms. The van der Waals surface area contributed by atoms with E-state index in [-0.39, 0.29) is 6.61 Å². The van der Waals surface area contributed by atoms with Crippen molar-refractivity contribution in [2.24, 2.45) is 11.3 Å². The van der Waals surface area contributed by atoms with Crippen molar-refractivity contribution in [1.29, 1.82) is 0 Å². The molecular weight excluding hydrogens is 244 g/mol. The number of aliphatic carboxylic acids is 1. The van der Waals surface area contributed by atoms with E-state index in [2.05, 4.69) is 6.92 Å². The number of hydrogen-bond donors (Lipinski definition) is 2. The van der Waals surface area contributed by atoms with Gasteiger partial charge in [0.1, 0.15) is 0 Å². The fraction of sp³-hybridized carbons (Fsp3) is 0.933. The molecule has 0 saturated heterocycles. The standard InChI is InChI=1S/C15H28O4/c1-3-4-5-12-6-8-15(9-7-12,14(17)18)10-13(16)11-19-2/h12-13,16H,3-11H2,1-2H3,(H,17,18). The maximum Gasteiger partial charge on any atom is 0.309 e. The van der Waals surface area contributed by atoms with Gasteiger partial charge in [-0.1, -0.05) is 26.2 Å². The minimum Gasteiger partial charge on any atom is -0.481 e. The summed E-state index contributed by atoms with van der Waals surface area (Å²) in [4.78, 5) is 11.6. The van der Waals surface area contributed by atoms with Crippen molar-refractivity contribution >= 4 is 5.97 Å². The van der Waals surface area contributed by atoms with E-state index < -0.39 is 17.5 Å². The van der Waals surface area contributed by atoms with Crippen LogP contribution in [0.15, 0.2) is 0 Å². The fourth-order valence-electron chi connectivity index (χ4n) is 3.22. The van der Waals surface area contributed by atoms with Gasteiger partial charge >= 0.3 is 5.97 Å². The van der Waals surface area contributed by atoms with E-state index in [4.69, 9.17) is 4.74 Å². The first-order valence-electron chi connectivity index (χ1n) is 7.44. The van der Waals surface area contributed by atoms with E-state index in [0.29, 0.717) is 25.2 Å². The van der Waals surface area contributed by atoms with Crippen molar-refractivity contribution in [3.63, 3.8) is 0 Å². The van der Waals surface area contributed by atoms with Crippen molar-refractivity contribution in [1.82, 2.24) is 0 Å². The van der Waals surface area contributed by atoms with Crippen molar-refractivity contribution < 1.29 is 19.7 Å². The Hall–Kier alpha value is -0.610. The summed E-state index contributed by atoms with van der Waals surface area (Å²) in [6.45, 7) is 2.40. The molecule has 4 nitrogen and oxygen atoms in total. The summed E-state index contributed by atoms with van der Waals surface area (Å²) in [5.74, 6) is -0.0800. The van der Waals surface area contributed by atoms with Crippen LogP contribution in [0.5, 0.6) is 0 Å². The predicted molar refractivity (Wildman–Crippen MR) is 74.1 cm³/mol. The van der Waals surface area contributed by atoms with E-state index in [0.717, 1.165) is 12.8 Å². The molecule has 1 aliphatic carbocycles. The zero-order valence-corrected chi connectivity index (χ0v) is 12.2. The lowest BCUT2D eigenvalue weighted by Gasteiger charge is -2.38. The van der Waals surface area contributed by atoms with Gasteiger partial charge in [0, 0.05) is 7.11 Å². The first-order chi connectivity index (χ1) is 9.04. The van der Waals surface area contributed by atoms with Crippen LogP contribution >= 0.6 is 0 Å². The molecule has 0 aromatic carbocycles. The lowest BCUT2D eigenvalue weighted by atomic mass is 9.67. The Morgan fingerprint density at radius 1 is 1.42 bits per heavy atom. The van der Waals surface area contributed by atoms with Crippen molar-refractivity contribution in [3.8, 4) is 0 Å². The second-order valence-electron chi connectivity index (χ2n) is 5.98. The van der Waals surface area contributed by atoms with E-state index in [1.54, 1.807) is 0 Å². The molecule has 1 fully saturated rings. The Balaban J connectivity index is 2.53. The molecule has 1 saturated carbocycles. The number of unbranched alkanes of at least 4 members (excludes halogenated alkanes) is 1. The third-order valence-corrected chi connectivity index (χ3v) is 4.47. The molecule has 0 aliphatic heterocycles. The molecule has 0 spiro atoms. The van der Waals surface area contributed by atoms with Gasteiger partial charge in [-0.3, -0.25) is 4.79 Å². The zero-order valence-electron chi connectivity index (χ0n) is 12.2. The van der Waals surface area contributed by atoms with Crippen LogP contribution in [0.1, 0.15) is 58.3 Å². The number of rotatable bonds is 8. The molecule has 0 radical (unpaired) electrons. The number of hydrogen-bond acceptors (Lipinski definition) is 3. The molecule has 2 N–H and O–H groups in total. The summed E-state index contributed by atoms with van der Waals surface area (Å²) in [5.41, 5.74) is -0.735. The number of carboxylic acids is 1. The van der Waals surface area contributed by atoms with Crippen LogP contribution in [-0.4, -0.2) is 36.0 Å². The lowest BCUT2D eigenvalue weighted by molar-refractivity contribution is -0.154. The Morgan fingerprint density at radius 2 is 2.05 bits per heavy atom. The maximum absolute atomic E-state index is 11.6. The van der Waals surface area contributed by atoms with Crippen LogP contribution in [0.2, 0.25) is 0 Å². The van der Waals surface area contributed by atoms with Crippen molar-refractivity contribution in [3.05, 3.63) is 0 Å². The maximum atomic E-state index is 11.6.